The maximum Gasteiger partial charge on any atom is 0.244 e. The van der Waals surface area contributed by atoms with Crippen molar-refractivity contribution in [2.24, 2.45) is 0 Å². The zero-order valence-corrected chi connectivity index (χ0v) is 27.6. The van der Waals surface area contributed by atoms with Crippen LogP contribution >= 0.6 is 50.7 Å². The Balaban J connectivity index is 1.75. The fourth-order valence-corrected chi connectivity index (χ4v) is 6.82. The first-order valence-electron chi connectivity index (χ1n) is 13.4. The first kappa shape index (κ1) is 32.6. The van der Waals surface area contributed by atoms with Crippen molar-refractivity contribution < 1.29 is 18.0 Å². The summed E-state index contributed by atoms with van der Waals surface area (Å²) in [6, 6.07) is 18.6. The topological polar surface area (TPSA) is 86.8 Å². The van der Waals surface area contributed by atoms with Crippen LogP contribution in [0.5, 0.6) is 0 Å². The van der Waals surface area contributed by atoms with E-state index in [4.69, 9.17) is 34.8 Å². The maximum absolute atomic E-state index is 14.2. The summed E-state index contributed by atoms with van der Waals surface area (Å²) in [6.45, 7) is -0.524. The zero-order chi connectivity index (χ0) is 30.4. The first-order chi connectivity index (χ1) is 19.9. The van der Waals surface area contributed by atoms with Gasteiger partial charge in [-0.3, -0.25) is 13.9 Å². The van der Waals surface area contributed by atoms with Gasteiger partial charge in [-0.1, -0.05) is 106 Å². The van der Waals surface area contributed by atoms with E-state index in [9.17, 15) is 18.0 Å². The van der Waals surface area contributed by atoms with Gasteiger partial charge in [-0.25, -0.2) is 8.42 Å². The lowest BCUT2D eigenvalue weighted by Crippen LogP contribution is -2.54. The van der Waals surface area contributed by atoms with Crippen LogP contribution in [0.25, 0.3) is 0 Å². The molecule has 0 aliphatic heterocycles. The lowest BCUT2D eigenvalue weighted by molar-refractivity contribution is -0.140. The van der Waals surface area contributed by atoms with Gasteiger partial charge in [0.1, 0.15) is 12.6 Å². The molecule has 1 saturated carbocycles. The van der Waals surface area contributed by atoms with Crippen molar-refractivity contribution in [3.8, 4) is 0 Å². The second kappa shape index (κ2) is 14.4. The van der Waals surface area contributed by atoms with Crippen molar-refractivity contribution in [2.45, 2.75) is 50.7 Å². The Morgan fingerprint density at radius 2 is 1.55 bits per heavy atom. The number of carbonyl (C=O) groups excluding carboxylic acids is 2. The van der Waals surface area contributed by atoms with Gasteiger partial charge in [0.15, 0.2) is 0 Å². The highest BCUT2D eigenvalue weighted by Gasteiger charge is 2.34. The molecule has 1 fully saturated rings. The smallest absolute Gasteiger partial charge is 0.244 e. The van der Waals surface area contributed by atoms with Crippen molar-refractivity contribution in [2.75, 3.05) is 17.1 Å². The molecule has 0 radical (unpaired) electrons. The molecular formula is C30H31BrCl3N3O4S. The van der Waals surface area contributed by atoms with Crippen LogP contribution in [0.3, 0.4) is 0 Å². The number of carbonyl (C=O) groups is 2. The minimum absolute atomic E-state index is 0.0144. The summed E-state index contributed by atoms with van der Waals surface area (Å²) in [5.41, 5.74) is 1.66. The van der Waals surface area contributed by atoms with Gasteiger partial charge >= 0.3 is 0 Å². The summed E-state index contributed by atoms with van der Waals surface area (Å²) in [6.07, 6.45) is 5.04. The average molecular weight is 716 g/mol. The standard InChI is InChI=1S/C30H31BrCl3N3O4S/c1-42(40,41)37(27-17-25(33)24(32)16-26(27)34)19-29(38)36(18-21-11-13-22(31)14-12-21)28(15-20-7-3-2-4-8-20)30(39)35-23-9-5-6-10-23/h2-4,7-8,11-14,16-17,23,28H,5-6,9-10,15,18-19H2,1H3,(H,35,39)/t28-/m1/s1. The number of hydrogen-bond acceptors (Lipinski definition) is 4. The highest BCUT2D eigenvalue weighted by molar-refractivity contribution is 9.10. The van der Waals surface area contributed by atoms with E-state index in [0.717, 1.165) is 51.8 Å². The molecule has 4 rings (SSSR count). The molecule has 3 aromatic rings. The fourth-order valence-electron chi connectivity index (χ4n) is 5.01. The number of nitrogens with one attached hydrogen (secondary N) is 1. The van der Waals surface area contributed by atoms with Gasteiger partial charge in [-0.05, 0) is 48.2 Å². The molecule has 1 aliphatic rings. The van der Waals surface area contributed by atoms with E-state index in [0.29, 0.717) is 0 Å². The fraction of sp³-hybridized carbons (Fsp3) is 0.333. The molecule has 12 heteroatoms. The average Bonchev–Trinajstić information content (AvgIpc) is 3.45. The molecule has 0 unspecified atom stereocenters. The zero-order valence-electron chi connectivity index (χ0n) is 22.9. The lowest BCUT2D eigenvalue weighted by Gasteiger charge is -2.34. The Labute approximate surface area is 270 Å². The van der Waals surface area contributed by atoms with Gasteiger partial charge in [0.25, 0.3) is 0 Å². The van der Waals surface area contributed by atoms with Crippen LogP contribution in [0.2, 0.25) is 15.1 Å². The predicted molar refractivity (Wildman–Crippen MR) is 173 cm³/mol. The Morgan fingerprint density at radius 1 is 0.929 bits per heavy atom. The third-order valence-corrected chi connectivity index (χ3v) is 9.86. The summed E-state index contributed by atoms with van der Waals surface area (Å²) in [5, 5.41) is 3.39. The molecule has 0 saturated heterocycles. The first-order valence-corrected chi connectivity index (χ1v) is 17.2. The largest absolute Gasteiger partial charge is 0.352 e. The van der Waals surface area contributed by atoms with Gasteiger partial charge < -0.3 is 10.2 Å². The van der Waals surface area contributed by atoms with Crippen molar-refractivity contribution >= 4 is 78.3 Å². The van der Waals surface area contributed by atoms with Crippen LogP contribution in [-0.4, -0.2) is 50.0 Å². The van der Waals surface area contributed by atoms with E-state index in [2.05, 4.69) is 21.2 Å². The second-order valence-electron chi connectivity index (χ2n) is 10.3. The summed E-state index contributed by atoms with van der Waals surface area (Å²) in [7, 11) is -4.01. The van der Waals surface area contributed by atoms with E-state index < -0.39 is 28.5 Å². The van der Waals surface area contributed by atoms with Crippen molar-refractivity contribution in [3.05, 3.63) is 97.4 Å². The molecule has 0 spiro atoms. The summed E-state index contributed by atoms with van der Waals surface area (Å²) in [4.78, 5) is 29.5. The van der Waals surface area contributed by atoms with Gasteiger partial charge in [0.05, 0.1) is 27.0 Å². The number of halogens is 4. The minimum Gasteiger partial charge on any atom is -0.352 e. The monoisotopic (exact) mass is 713 g/mol. The Morgan fingerprint density at radius 3 is 2.17 bits per heavy atom. The van der Waals surface area contributed by atoms with Crippen LogP contribution < -0.4 is 9.62 Å². The number of rotatable bonds is 11. The number of hydrogen-bond donors (Lipinski definition) is 1. The molecular weight excluding hydrogens is 685 g/mol. The molecule has 1 N–H and O–H groups in total. The third-order valence-electron chi connectivity index (χ3n) is 7.18. The molecule has 42 heavy (non-hydrogen) atoms. The van der Waals surface area contributed by atoms with Crippen molar-refractivity contribution in [1.29, 1.82) is 0 Å². The van der Waals surface area contributed by atoms with Crippen LogP contribution in [0.4, 0.5) is 5.69 Å². The summed E-state index contributed by atoms with van der Waals surface area (Å²) < 4.78 is 27.7. The van der Waals surface area contributed by atoms with Crippen molar-refractivity contribution in [3.63, 3.8) is 0 Å². The molecule has 224 valence electrons. The van der Waals surface area contributed by atoms with Crippen LogP contribution in [0.15, 0.2) is 71.2 Å². The molecule has 3 aromatic carbocycles. The molecule has 2 amide bonds. The quantitative estimate of drug-likeness (QED) is 0.220. The summed E-state index contributed by atoms with van der Waals surface area (Å²) in [5.74, 6) is -0.859. The van der Waals surface area contributed by atoms with Gasteiger partial charge in [-0.15, -0.1) is 0 Å². The van der Waals surface area contributed by atoms with Gasteiger partial charge in [0, 0.05) is 23.5 Å². The van der Waals surface area contributed by atoms with E-state index in [1.807, 2.05) is 54.6 Å². The van der Waals surface area contributed by atoms with Crippen molar-refractivity contribution in [1.82, 2.24) is 10.2 Å². The number of anilines is 1. The van der Waals surface area contributed by atoms with E-state index in [-0.39, 0.29) is 45.7 Å². The summed E-state index contributed by atoms with van der Waals surface area (Å²) >= 11 is 22.1. The molecule has 7 nitrogen and oxygen atoms in total. The Bertz CT molecular complexity index is 1520. The highest BCUT2D eigenvalue weighted by atomic mass is 79.9. The van der Waals surface area contributed by atoms with Gasteiger partial charge in [0.2, 0.25) is 21.8 Å². The number of sulfonamides is 1. The lowest BCUT2D eigenvalue weighted by atomic mass is 10.0. The van der Waals surface area contributed by atoms with E-state index >= 15 is 0 Å². The van der Waals surface area contributed by atoms with E-state index in [1.165, 1.54) is 17.0 Å². The number of nitrogens with zero attached hydrogens (tertiary/aromatic N) is 2. The maximum atomic E-state index is 14.2. The highest BCUT2D eigenvalue weighted by Crippen LogP contribution is 2.36. The van der Waals surface area contributed by atoms with Crippen LogP contribution in [0, 0.1) is 0 Å². The van der Waals surface area contributed by atoms with Crippen LogP contribution in [0.1, 0.15) is 36.8 Å². The second-order valence-corrected chi connectivity index (χ2v) is 14.4. The minimum atomic E-state index is -4.01. The normalized spacial score (nSPS) is 14.4. The number of benzene rings is 3. The molecule has 1 atom stereocenters. The SMILES string of the molecule is CS(=O)(=O)N(CC(=O)N(Cc1ccc(Br)cc1)[C@H](Cc1ccccc1)C(=O)NC1CCCC1)c1cc(Cl)c(Cl)cc1Cl. The molecule has 0 aromatic heterocycles. The molecule has 1 aliphatic carbocycles. The Kier molecular flexibility index (Phi) is 11.2. The molecule has 0 heterocycles. The third kappa shape index (κ3) is 8.63. The predicted octanol–water partition coefficient (Wildman–Crippen LogP) is 6.87. The van der Waals surface area contributed by atoms with Gasteiger partial charge in [-0.2, -0.15) is 0 Å². The van der Waals surface area contributed by atoms with Crippen LogP contribution in [-0.2, 0) is 32.6 Å². The Hall–Kier alpha value is -2.30. The number of amides is 2. The van der Waals surface area contributed by atoms with E-state index in [1.54, 1.807) is 0 Å². The molecule has 0 bridgehead atoms.